The van der Waals surface area contributed by atoms with Crippen molar-refractivity contribution in [3.05, 3.63) is 58.3 Å². The molecule has 2 fully saturated rings. The Morgan fingerprint density at radius 1 is 1.24 bits per heavy atom. The van der Waals surface area contributed by atoms with Crippen LogP contribution in [-0.4, -0.2) is 42.0 Å². The lowest BCUT2D eigenvalue weighted by Gasteiger charge is -2.52. The first-order chi connectivity index (χ1) is 17.9. The summed E-state index contributed by atoms with van der Waals surface area (Å²) < 4.78 is 17.4. The van der Waals surface area contributed by atoms with Crippen LogP contribution in [0.25, 0.3) is 0 Å². The number of fused-ring (bicyclic) bond motifs is 1. The molecule has 0 bridgehead atoms. The average Bonchev–Trinajstić information content (AvgIpc) is 3.69. The third kappa shape index (κ3) is 4.99. The zero-order valence-electron chi connectivity index (χ0n) is 21.3. The number of nitrogens with zero attached hydrogens (tertiary/aromatic N) is 1. The van der Waals surface area contributed by atoms with E-state index in [0.717, 1.165) is 30.6 Å². The minimum Gasteiger partial charge on any atom is -0.468 e. The number of hydrogen-bond acceptors (Lipinski definition) is 7. The number of thiophene rings is 1. The van der Waals surface area contributed by atoms with Crippen LogP contribution in [0.1, 0.15) is 56.1 Å². The van der Waals surface area contributed by atoms with E-state index in [1.807, 2.05) is 36.6 Å². The summed E-state index contributed by atoms with van der Waals surface area (Å²) in [5, 5.41) is 4.87. The minimum absolute atomic E-state index is 0.0241. The number of methoxy groups -OCH3 is 1. The number of carbonyl (C=O) groups is 3. The van der Waals surface area contributed by atoms with Gasteiger partial charge in [0.1, 0.15) is 11.2 Å². The summed E-state index contributed by atoms with van der Waals surface area (Å²) in [5.74, 6) is -0.613. The molecular formula is C28H34N2O6S. The van der Waals surface area contributed by atoms with Crippen molar-refractivity contribution in [1.82, 2.24) is 10.2 Å². The summed E-state index contributed by atoms with van der Waals surface area (Å²) in [7, 11) is 1.36. The van der Waals surface area contributed by atoms with E-state index in [9.17, 15) is 14.4 Å². The first kappa shape index (κ1) is 25.7. The van der Waals surface area contributed by atoms with Crippen molar-refractivity contribution in [2.45, 2.75) is 70.7 Å². The van der Waals surface area contributed by atoms with Gasteiger partial charge < -0.3 is 24.1 Å². The van der Waals surface area contributed by atoms with Crippen LogP contribution in [0.2, 0.25) is 0 Å². The molecule has 1 aliphatic carbocycles. The maximum absolute atomic E-state index is 13.9. The third-order valence-electron chi connectivity index (χ3n) is 8.09. The molecule has 1 saturated heterocycles. The monoisotopic (exact) mass is 526 g/mol. The van der Waals surface area contributed by atoms with Gasteiger partial charge in [-0.15, -0.1) is 11.3 Å². The molecule has 0 aromatic carbocycles. The highest BCUT2D eigenvalue weighted by Gasteiger charge is 2.60. The fourth-order valence-electron chi connectivity index (χ4n) is 6.16. The van der Waals surface area contributed by atoms with E-state index in [1.54, 1.807) is 28.6 Å². The molecule has 4 atom stereocenters. The summed E-state index contributed by atoms with van der Waals surface area (Å²) in [6, 6.07) is 7.46. The molecule has 2 aliphatic heterocycles. The van der Waals surface area contributed by atoms with Gasteiger partial charge in [-0.2, -0.15) is 0 Å². The summed E-state index contributed by atoms with van der Waals surface area (Å²) in [4.78, 5) is 43.1. The van der Waals surface area contributed by atoms with E-state index in [0.29, 0.717) is 23.9 Å². The highest BCUT2D eigenvalue weighted by molar-refractivity contribution is 7.09. The standard InChI is InChI=1S/C28H34N2O6S/c1-18-28(27(33)34-2)15-20(13-25(31)29-16-22-10-6-12-37-22)26(32)30(17-21-9-5-11-35-21)24(28)14-23(36-18)19-7-3-4-8-19/h5-6,9-12,14,18-20,23H,3-4,7-8,13,15-17H2,1-2H3,(H,29,31)/t18-,20+,23-,28+/m1/s1. The quantitative estimate of drug-likeness (QED) is 0.512. The number of furan rings is 1. The van der Waals surface area contributed by atoms with Crippen molar-refractivity contribution in [3.8, 4) is 0 Å². The average molecular weight is 527 g/mol. The van der Waals surface area contributed by atoms with Crippen molar-refractivity contribution in [2.24, 2.45) is 17.3 Å². The van der Waals surface area contributed by atoms with E-state index in [2.05, 4.69) is 5.32 Å². The summed E-state index contributed by atoms with van der Waals surface area (Å²) >= 11 is 1.56. The van der Waals surface area contributed by atoms with Crippen LogP contribution in [0.4, 0.5) is 0 Å². The molecule has 2 aromatic heterocycles. The zero-order chi connectivity index (χ0) is 26.0. The van der Waals surface area contributed by atoms with E-state index >= 15 is 0 Å². The Kier molecular flexibility index (Phi) is 7.53. The minimum atomic E-state index is -1.19. The van der Waals surface area contributed by atoms with Gasteiger partial charge in [0, 0.05) is 22.9 Å². The van der Waals surface area contributed by atoms with Crippen molar-refractivity contribution in [3.63, 3.8) is 0 Å². The molecule has 8 nitrogen and oxygen atoms in total. The Bertz CT molecular complexity index is 1140. The van der Waals surface area contributed by atoms with Gasteiger partial charge in [0.05, 0.1) is 38.7 Å². The first-order valence-electron chi connectivity index (χ1n) is 13.0. The second-order valence-corrected chi connectivity index (χ2v) is 11.3. The SMILES string of the molecule is COC(=O)[C@]12C[C@H](CC(=O)NCc3cccs3)C(=O)N(Cc3ccco3)C1=C[C@H](C1CCCC1)O[C@@H]2C. The number of likely N-dealkylation sites (tertiary alicyclic amines) is 1. The molecule has 1 saturated carbocycles. The number of esters is 1. The molecule has 0 unspecified atom stereocenters. The molecule has 3 aliphatic rings. The Labute approximate surface area is 221 Å². The molecule has 4 heterocycles. The van der Waals surface area contributed by atoms with E-state index < -0.39 is 23.4 Å². The molecule has 5 rings (SSSR count). The van der Waals surface area contributed by atoms with Crippen LogP contribution in [0.3, 0.4) is 0 Å². The van der Waals surface area contributed by atoms with Crippen LogP contribution in [0, 0.1) is 17.3 Å². The van der Waals surface area contributed by atoms with Gasteiger partial charge in [-0.25, -0.2) is 0 Å². The number of amides is 2. The van der Waals surface area contributed by atoms with Crippen molar-refractivity contribution < 1.29 is 28.3 Å². The molecule has 2 amide bonds. The number of piperidine rings is 1. The second kappa shape index (κ2) is 10.8. The van der Waals surface area contributed by atoms with Crippen molar-refractivity contribution >= 4 is 29.1 Å². The molecule has 0 radical (unpaired) electrons. The van der Waals surface area contributed by atoms with Gasteiger partial charge >= 0.3 is 5.97 Å². The topological polar surface area (TPSA) is 98.1 Å². The third-order valence-corrected chi connectivity index (χ3v) is 8.97. The van der Waals surface area contributed by atoms with Crippen LogP contribution >= 0.6 is 11.3 Å². The fraction of sp³-hybridized carbons (Fsp3) is 0.536. The Balaban J connectivity index is 1.48. The van der Waals surface area contributed by atoms with Gasteiger partial charge in [-0.05, 0) is 61.8 Å². The van der Waals surface area contributed by atoms with Crippen LogP contribution in [0.15, 0.2) is 52.1 Å². The van der Waals surface area contributed by atoms with Crippen molar-refractivity contribution in [2.75, 3.05) is 7.11 Å². The normalized spacial score (nSPS) is 28.1. The molecule has 1 N–H and O–H groups in total. The summed E-state index contributed by atoms with van der Waals surface area (Å²) in [6.45, 7) is 2.47. The van der Waals surface area contributed by atoms with E-state index in [4.69, 9.17) is 13.9 Å². The van der Waals surface area contributed by atoms with Crippen molar-refractivity contribution in [1.29, 1.82) is 0 Å². The van der Waals surface area contributed by atoms with E-state index in [1.165, 1.54) is 7.11 Å². The van der Waals surface area contributed by atoms with Crippen LogP contribution in [0.5, 0.6) is 0 Å². The van der Waals surface area contributed by atoms with Gasteiger partial charge in [0.25, 0.3) is 0 Å². The number of nitrogens with one attached hydrogen (secondary N) is 1. The first-order valence-corrected chi connectivity index (χ1v) is 13.9. The molecule has 37 heavy (non-hydrogen) atoms. The predicted molar refractivity (Wildman–Crippen MR) is 137 cm³/mol. The number of carbonyl (C=O) groups excluding carboxylic acids is 3. The largest absolute Gasteiger partial charge is 0.468 e. The van der Waals surface area contributed by atoms with Gasteiger partial charge in [0.2, 0.25) is 11.8 Å². The predicted octanol–water partition coefficient (Wildman–Crippen LogP) is 4.42. The lowest BCUT2D eigenvalue weighted by Crippen LogP contribution is -2.60. The second-order valence-electron chi connectivity index (χ2n) is 10.3. The zero-order valence-corrected chi connectivity index (χ0v) is 22.1. The fourth-order valence-corrected chi connectivity index (χ4v) is 6.81. The lowest BCUT2D eigenvalue weighted by atomic mass is 9.66. The highest BCUT2D eigenvalue weighted by atomic mass is 32.1. The number of rotatable bonds is 8. The molecule has 198 valence electrons. The van der Waals surface area contributed by atoms with Gasteiger partial charge in [-0.3, -0.25) is 14.4 Å². The lowest BCUT2D eigenvalue weighted by molar-refractivity contribution is -0.178. The van der Waals surface area contributed by atoms with E-state index in [-0.39, 0.29) is 37.3 Å². The highest BCUT2D eigenvalue weighted by Crippen LogP contribution is 2.52. The summed E-state index contributed by atoms with van der Waals surface area (Å²) in [5.41, 5.74) is -0.574. The number of hydrogen-bond donors (Lipinski definition) is 1. The maximum atomic E-state index is 13.9. The van der Waals surface area contributed by atoms with Gasteiger partial charge in [-0.1, -0.05) is 18.9 Å². The Hall–Kier alpha value is -2.91. The molecule has 9 heteroatoms. The summed E-state index contributed by atoms with van der Waals surface area (Å²) in [6.07, 6.45) is 7.40. The van der Waals surface area contributed by atoms with Crippen LogP contribution in [-0.2, 0) is 36.9 Å². The van der Waals surface area contributed by atoms with Crippen LogP contribution < -0.4 is 5.32 Å². The molecule has 2 aromatic rings. The maximum Gasteiger partial charge on any atom is 0.320 e. The smallest absolute Gasteiger partial charge is 0.320 e. The number of ether oxygens (including phenoxy) is 2. The molecular weight excluding hydrogens is 492 g/mol. The van der Waals surface area contributed by atoms with Gasteiger partial charge in [0.15, 0.2) is 0 Å². The Morgan fingerprint density at radius 3 is 2.73 bits per heavy atom. The Morgan fingerprint density at radius 2 is 2.05 bits per heavy atom. The molecule has 0 spiro atoms.